The first-order valence-electron chi connectivity index (χ1n) is 9.28. The Labute approximate surface area is 164 Å². The molecular formula is C22H25N3O3. The summed E-state index contributed by atoms with van der Waals surface area (Å²) in [6.07, 6.45) is 1.68. The van der Waals surface area contributed by atoms with Crippen LogP contribution in [-0.2, 0) is 12.8 Å². The van der Waals surface area contributed by atoms with E-state index in [1.54, 1.807) is 20.3 Å². The summed E-state index contributed by atoms with van der Waals surface area (Å²) in [6.45, 7) is 2.63. The van der Waals surface area contributed by atoms with Crippen LogP contribution >= 0.6 is 0 Å². The van der Waals surface area contributed by atoms with E-state index < -0.39 is 0 Å². The molecule has 0 spiro atoms. The number of carbonyl (C=O) groups excluding carboxylic acids is 1. The fraction of sp³-hybridized carbons (Fsp3) is 0.273. The number of nitrogens with one attached hydrogen (secondary N) is 2. The third kappa shape index (κ3) is 4.52. The van der Waals surface area contributed by atoms with Crippen molar-refractivity contribution in [1.29, 1.82) is 0 Å². The normalized spacial score (nSPS) is 10.5. The van der Waals surface area contributed by atoms with E-state index in [0.717, 1.165) is 23.2 Å². The molecule has 3 rings (SSSR count). The molecule has 0 saturated heterocycles. The molecule has 28 heavy (non-hydrogen) atoms. The summed E-state index contributed by atoms with van der Waals surface area (Å²) < 4.78 is 10.5. The van der Waals surface area contributed by atoms with Gasteiger partial charge in [0.05, 0.1) is 19.9 Å². The molecule has 0 fully saturated rings. The Morgan fingerprint density at radius 2 is 1.71 bits per heavy atom. The molecule has 0 unspecified atom stereocenters. The molecule has 2 N–H and O–H groups in total. The molecule has 6 heteroatoms. The molecule has 3 aromatic rings. The van der Waals surface area contributed by atoms with E-state index in [0.29, 0.717) is 30.2 Å². The summed E-state index contributed by atoms with van der Waals surface area (Å²) in [5.74, 6) is 1.19. The first-order chi connectivity index (χ1) is 13.6. The molecule has 0 aliphatic rings. The van der Waals surface area contributed by atoms with Gasteiger partial charge >= 0.3 is 0 Å². The summed E-state index contributed by atoms with van der Waals surface area (Å²) >= 11 is 0. The van der Waals surface area contributed by atoms with Crippen LogP contribution in [0.1, 0.15) is 28.5 Å². The molecule has 146 valence electrons. The van der Waals surface area contributed by atoms with Gasteiger partial charge in [-0.2, -0.15) is 5.10 Å². The maximum atomic E-state index is 12.4. The van der Waals surface area contributed by atoms with Crippen molar-refractivity contribution >= 4 is 5.91 Å². The second-order valence-corrected chi connectivity index (χ2v) is 6.41. The van der Waals surface area contributed by atoms with Crippen LogP contribution in [0.3, 0.4) is 0 Å². The number of amides is 1. The SMILES string of the molecule is CCc1ccc(-c2cc(C(=O)NCCc3ccc(OC)c(OC)c3)[nH]n2)cc1. The van der Waals surface area contributed by atoms with E-state index in [2.05, 4.69) is 34.6 Å². The molecular weight excluding hydrogens is 354 g/mol. The highest BCUT2D eigenvalue weighted by molar-refractivity contribution is 5.93. The molecule has 2 aromatic carbocycles. The van der Waals surface area contributed by atoms with Gasteiger partial charge in [-0.05, 0) is 42.2 Å². The first kappa shape index (κ1) is 19.5. The quantitative estimate of drug-likeness (QED) is 0.627. The number of methoxy groups -OCH3 is 2. The highest BCUT2D eigenvalue weighted by Crippen LogP contribution is 2.27. The molecule has 0 atom stereocenters. The number of H-pyrrole nitrogens is 1. The van der Waals surface area contributed by atoms with E-state index in [1.165, 1.54) is 5.56 Å². The van der Waals surface area contributed by atoms with Crippen molar-refractivity contribution in [3.8, 4) is 22.8 Å². The van der Waals surface area contributed by atoms with Crippen LogP contribution in [-0.4, -0.2) is 36.9 Å². The van der Waals surface area contributed by atoms with E-state index in [-0.39, 0.29) is 5.91 Å². The van der Waals surface area contributed by atoms with Gasteiger partial charge in [0, 0.05) is 12.1 Å². The van der Waals surface area contributed by atoms with E-state index in [1.807, 2.05) is 30.3 Å². The molecule has 0 saturated carbocycles. The topological polar surface area (TPSA) is 76.2 Å². The number of aryl methyl sites for hydroxylation is 1. The lowest BCUT2D eigenvalue weighted by Crippen LogP contribution is -2.26. The predicted octanol–water partition coefficient (Wildman–Crippen LogP) is 3.63. The minimum Gasteiger partial charge on any atom is -0.493 e. The van der Waals surface area contributed by atoms with Crippen LogP contribution in [0.15, 0.2) is 48.5 Å². The maximum Gasteiger partial charge on any atom is 0.269 e. The van der Waals surface area contributed by atoms with Crippen LogP contribution in [0.2, 0.25) is 0 Å². The number of rotatable bonds is 8. The van der Waals surface area contributed by atoms with Crippen molar-refractivity contribution < 1.29 is 14.3 Å². The summed E-state index contributed by atoms with van der Waals surface area (Å²) in [5.41, 5.74) is 4.51. The molecule has 0 aliphatic heterocycles. The number of aromatic amines is 1. The second kappa shape index (κ2) is 9.08. The van der Waals surface area contributed by atoms with Gasteiger partial charge in [0.15, 0.2) is 11.5 Å². The summed E-state index contributed by atoms with van der Waals surface area (Å²) in [7, 11) is 3.21. The van der Waals surface area contributed by atoms with Crippen molar-refractivity contribution in [3.63, 3.8) is 0 Å². The van der Waals surface area contributed by atoms with Crippen molar-refractivity contribution in [3.05, 3.63) is 65.4 Å². The van der Waals surface area contributed by atoms with E-state index in [9.17, 15) is 4.79 Å². The highest BCUT2D eigenvalue weighted by atomic mass is 16.5. The number of benzene rings is 2. The van der Waals surface area contributed by atoms with Crippen molar-refractivity contribution in [2.24, 2.45) is 0 Å². The second-order valence-electron chi connectivity index (χ2n) is 6.41. The van der Waals surface area contributed by atoms with Crippen LogP contribution < -0.4 is 14.8 Å². The minimum atomic E-state index is -0.176. The smallest absolute Gasteiger partial charge is 0.269 e. The number of carbonyl (C=O) groups is 1. The summed E-state index contributed by atoms with van der Waals surface area (Å²) in [4.78, 5) is 12.4. The van der Waals surface area contributed by atoms with Gasteiger partial charge in [-0.1, -0.05) is 37.3 Å². The van der Waals surface area contributed by atoms with Gasteiger partial charge in [0.1, 0.15) is 5.69 Å². The standard InChI is InChI=1S/C22H25N3O3/c1-4-15-5-8-17(9-6-15)18-14-19(25-24-18)22(26)23-12-11-16-7-10-20(27-2)21(13-16)28-3/h5-10,13-14H,4,11-12H2,1-3H3,(H,23,26)(H,24,25). The molecule has 0 aliphatic carbocycles. The van der Waals surface area contributed by atoms with Gasteiger partial charge in [-0.25, -0.2) is 0 Å². The molecule has 1 heterocycles. The van der Waals surface area contributed by atoms with Crippen LogP contribution in [0.4, 0.5) is 0 Å². The van der Waals surface area contributed by atoms with Crippen LogP contribution in [0, 0.1) is 0 Å². The lowest BCUT2D eigenvalue weighted by atomic mass is 10.1. The zero-order valence-electron chi connectivity index (χ0n) is 16.4. The summed E-state index contributed by atoms with van der Waals surface area (Å²) in [5, 5.41) is 9.99. The lowest BCUT2D eigenvalue weighted by molar-refractivity contribution is 0.0949. The van der Waals surface area contributed by atoms with Gasteiger partial charge in [0.25, 0.3) is 5.91 Å². The Hall–Kier alpha value is -3.28. The van der Waals surface area contributed by atoms with Crippen molar-refractivity contribution in [2.75, 3.05) is 20.8 Å². The first-order valence-corrected chi connectivity index (χ1v) is 9.28. The number of ether oxygens (including phenoxy) is 2. The monoisotopic (exact) mass is 379 g/mol. The molecule has 0 bridgehead atoms. The lowest BCUT2D eigenvalue weighted by Gasteiger charge is -2.09. The van der Waals surface area contributed by atoms with Gasteiger partial charge in [-0.15, -0.1) is 0 Å². The average Bonchev–Trinajstić information content (AvgIpc) is 3.24. The van der Waals surface area contributed by atoms with E-state index >= 15 is 0 Å². The van der Waals surface area contributed by atoms with Crippen molar-refractivity contribution in [2.45, 2.75) is 19.8 Å². The van der Waals surface area contributed by atoms with Crippen LogP contribution in [0.5, 0.6) is 11.5 Å². The largest absolute Gasteiger partial charge is 0.493 e. The van der Waals surface area contributed by atoms with E-state index in [4.69, 9.17) is 9.47 Å². The fourth-order valence-electron chi connectivity index (χ4n) is 2.95. The minimum absolute atomic E-state index is 0.176. The predicted molar refractivity (Wildman–Crippen MR) is 109 cm³/mol. The maximum absolute atomic E-state index is 12.4. The van der Waals surface area contributed by atoms with Crippen molar-refractivity contribution in [1.82, 2.24) is 15.5 Å². The Morgan fingerprint density at radius 1 is 1.00 bits per heavy atom. The number of hydrogen-bond donors (Lipinski definition) is 2. The van der Waals surface area contributed by atoms with Gasteiger partial charge in [-0.3, -0.25) is 9.89 Å². The number of nitrogens with zero attached hydrogens (tertiary/aromatic N) is 1. The Balaban J connectivity index is 1.57. The molecule has 1 aromatic heterocycles. The molecule has 6 nitrogen and oxygen atoms in total. The number of hydrogen-bond acceptors (Lipinski definition) is 4. The summed E-state index contributed by atoms with van der Waals surface area (Å²) in [6, 6.07) is 15.7. The highest BCUT2D eigenvalue weighted by Gasteiger charge is 2.11. The average molecular weight is 379 g/mol. The zero-order valence-corrected chi connectivity index (χ0v) is 16.4. The van der Waals surface area contributed by atoms with Gasteiger partial charge < -0.3 is 14.8 Å². The van der Waals surface area contributed by atoms with Crippen LogP contribution in [0.25, 0.3) is 11.3 Å². The fourth-order valence-corrected chi connectivity index (χ4v) is 2.95. The molecule has 0 radical (unpaired) electrons. The number of aromatic nitrogens is 2. The third-order valence-corrected chi connectivity index (χ3v) is 4.63. The Morgan fingerprint density at radius 3 is 2.39 bits per heavy atom. The zero-order chi connectivity index (χ0) is 19.9. The van der Waals surface area contributed by atoms with Gasteiger partial charge in [0.2, 0.25) is 0 Å². The molecule has 1 amide bonds. The Bertz CT molecular complexity index is 932. The Kier molecular flexibility index (Phi) is 6.32. The third-order valence-electron chi connectivity index (χ3n) is 4.63.